The van der Waals surface area contributed by atoms with E-state index >= 15 is 0 Å². The lowest BCUT2D eigenvalue weighted by molar-refractivity contribution is -0.140. The van der Waals surface area contributed by atoms with Crippen molar-refractivity contribution in [2.75, 3.05) is 0 Å². The van der Waals surface area contributed by atoms with Crippen LogP contribution in [0.4, 0.5) is 17.6 Å². The van der Waals surface area contributed by atoms with Gasteiger partial charge in [-0.05, 0) is 37.0 Å². The first-order valence-electron chi connectivity index (χ1n) is 4.99. The molecule has 1 fully saturated rings. The number of halogens is 4. The van der Waals surface area contributed by atoms with Gasteiger partial charge in [-0.25, -0.2) is 4.39 Å². The molecule has 1 nitrogen and oxygen atoms in total. The SMILES string of the molecule is NC1(c2ccc(C(F)(F)F)c(F)c2)CCC1. The summed E-state index contributed by atoms with van der Waals surface area (Å²) in [6, 6.07) is 2.94. The van der Waals surface area contributed by atoms with Gasteiger partial charge in [0.25, 0.3) is 0 Å². The number of hydrogen-bond acceptors (Lipinski definition) is 1. The first-order chi connectivity index (χ1) is 7.33. The molecule has 0 aliphatic heterocycles. The van der Waals surface area contributed by atoms with Crippen LogP contribution in [0.15, 0.2) is 18.2 Å². The van der Waals surface area contributed by atoms with E-state index in [-0.39, 0.29) is 0 Å². The summed E-state index contributed by atoms with van der Waals surface area (Å²) in [7, 11) is 0. The van der Waals surface area contributed by atoms with Crippen molar-refractivity contribution in [3.8, 4) is 0 Å². The first-order valence-corrected chi connectivity index (χ1v) is 4.99. The van der Waals surface area contributed by atoms with Gasteiger partial charge in [-0.1, -0.05) is 6.07 Å². The van der Waals surface area contributed by atoms with Crippen molar-refractivity contribution in [1.29, 1.82) is 0 Å². The Kier molecular flexibility index (Phi) is 2.45. The molecule has 1 aliphatic rings. The lowest BCUT2D eigenvalue weighted by Gasteiger charge is -2.38. The van der Waals surface area contributed by atoms with E-state index in [1.807, 2.05) is 0 Å². The summed E-state index contributed by atoms with van der Waals surface area (Å²) < 4.78 is 50.2. The van der Waals surface area contributed by atoms with E-state index < -0.39 is 23.1 Å². The fraction of sp³-hybridized carbons (Fsp3) is 0.455. The molecule has 1 aromatic carbocycles. The molecule has 1 aromatic rings. The number of hydrogen-bond donors (Lipinski definition) is 1. The third-order valence-corrected chi connectivity index (χ3v) is 3.10. The molecule has 0 saturated heterocycles. The molecule has 0 heterocycles. The van der Waals surface area contributed by atoms with Crippen LogP contribution in [0.1, 0.15) is 30.4 Å². The molecular formula is C11H11F4N. The van der Waals surface area contributed by atoms with Crippen molar-refractivity contribution < 1.29 is 17.6 Å². The van der Waals surface area contributed by atoms with Gasteiger partial charge in [0.05, 0.1) is 5.56 Å². The van der Waals surface area contributed by atoms with Gasteiger partial charge in [0.1, 0.15) is 5.82 Å². The van der Waals surface area contributed by atoms with E-state index in [0.29, 0.717) is 18.4 Å². The molecule has 0 amide bonds. The second-order valence-electron chi connectivity index (χ2n) is 4.20. The van der Waals surface area contributed by atoms with Crippen LogP contribution < -0.4 is 5.73 Å². The first kappa shape index (κ1) is 11.4. The highest BCUT2D eigenvalue weighted by Crippen LogP contribution is 2.40. The molecule has 0 radical (unpaired) electrons. The predicted molar refractivity (Wildman–Crippen MR) is 51.1 cm³/mol. The van der Waals surface area contributed by atoms with E-state index in [0.717, 1.165) is 18.6 Å². The Morgan fingerprint density at radius 3 is 2.19 bits per heavy atom. The molecule has 0 atom stereocenters. The maximum absolute atomic E-state index is 13.3. The molecule has 0 bridgehead atoms. The van der Waals surface area contributed by atoms with Gasteiger partial charge in [-0.2, -0.15) is 13.2 Å². The minimum Gasteiger partial charge on any atom is -0.321 e. The minimum atomic E-state index is -4.65. The van der Waals surface area contributed by atoms with Crippen LogP contribution in [-0.2, 0) is 11.7 Å². The fourth-order valence-electron chi connectivity index (χ4n) is 1.90. The highest BCUT2D eigenvalue weighted by molar-refractivity contribution is 5.32. The third kappa shape index (κ3) is 1.80. The van der Waals surface area contributed by atoms with Crippen molar-refractivity contribution in [3.05, 3.63) is 35.1 Å². The van der Waals surface area contributed by atoms with E-state index in [9.17, 15) is 17.6 Å². The van der Waals surface area contributed by atoms with E-state index in [4.69, 9.17) is 5.73 Å². The fourth-order valence-corrected chi connectivity index (χ4v) is 1.90. The Labute approximate surface area is 90.3 Å². The summed E-state index contributed by atoms with van der Waals surface area (Å²) in [5, 5.41) is 0. The number of alkyl halides is 3. The van der Waals surface area contributed by atoms with Crippen LogP contribution in [0.25, 0.3) is 0 Å². The van der Waals surface area contributed by atoms with Gasteiger partial charge in [-0.15, -0.1) is 0 Å². The largest absolute Gasteiger partial charge is 0.419 e. The molecule has 16 heavy (non-hydrogen) atoms. The van der Waals surface area contributed by atoms with Gasteiger partial charge in [0.2, 0.25) is 0 Å². The van der Waals surface area contributed by atoms with E-state index in [1.54, 1.807) is 0 Å². The molecule has 0 aromatic heterocycles. The average molecular weight is 233 g/mol. The van der Waals surface area contributed by atoms with Gasteiger partial charge >= 0.3 is 6.18 Å². The van der Waals surface area contributed by atoms with Gasteiger partial charge < -0.3 is 5.73 Å². The smallest absolute Gasteiger partial charge is 0.321 e. The molecule has 88 valence electrons. The van der Waals surface area contributed by atoms with Crippen molar-refractivity contribution in [1.82, 2.24) is 0 Å². The molecule has 0 unspecified atom stereocenters. The Hall–Kier alpha value is -1.10. The summed E-state index contributed by atoms with van der Waals surface area (Å²) in [4.78, 5) is 0. The van der Waals surface area contributed by atoms with Crippen molar-refractivity contribution in [2.24, 2.45) is 5.73 Å². The Morgan fingerprint density at radius 2 is 1.81 bits per heavy atom. The van der Waals surface area contributed by atoms with E-state index in [2.05, 4.69) is 0 Å². The van der Waals surface area contributed by atoms with Crippen LogP contribution in [0, 0.1) is 5.82 Å². The highest BCUT2D eigenvalue weighted by atomic mass is 19.4. The molecule has 2 N–H and O–H groups in total. The van der Waals surface area contributed by atoms with Crippen LogP contribution in [-0.4, -0.2) is 0 Å². The topological polar surface area (TPSA) is 26.0 Å². The standard InChI is InChI=1S/C11H11F4N/c12-9-6-7(10(16)4-1-5-10)2-3-8(9)11(13,14)15/h2-3,6H,1,4-5,16H2. The molecule has 1 saturated carbocycles. The minimum absolute atomic E-state index is 0.448. The maximum Gasteiger partial charge on any atom is 0.419 e. The second-order valence-corrected chi connectivity index (χ2v) is 4.20. The third-order valence-electron chi connectivity index (χ3n) is 3.10. The quantitative estimate of drug-likeness (QED) is 0.741. The zero-order chi connectivity index (χ0) is 12.0. The van der Waals surface area contributed by atoms with Crippen LogP contribution in [0.2, 0.25) is 0 Å². The van der Waals surface area contributed by atoms with Gasteiger partial charge in [0, 0.05) is 5.54 Å². The average Bonchev–Trinajstić information content (AvgIpc) is 2.12. The Morgan fingerprint density at radius 1 is 1.19 bits per heavy atom. The van der Waals surface area contributed by atoms with Crippen LogP contribution >= 0.6 is 0 Å². The second kappa shape index (κ2) is 3.45. The molecule has 5 heteroatoms. The predicted octanol–water partition coefficient (Wildman–Crippen LogP) is 3.18. The zero-order valence-electron chi connectivity index (χ0n) is 8.44. The number of rotatable bonds is 1. The van der Waals surface area contributed by atoms with Crippen LogP contribution in [0.3, 0.4) is 0 Å². The molecule has 2 rings (SSSR count). The normalized spacial score (nSPS) is 19.3. The Balaban J connectivity index is 2.37. The summed E-state index contributed by atoms with van der Waals surface area (Å²) in [6.07, 6.45) is -2.33. The van der Waals surface area contributed by atoms with Gasteiger partial charge in [0.15, 0.2) is 0 Å². The van der Waals surface area contributed by atoms with E-state index in [1.165, 1.54) is 6.07 Å². The summed E-state index contributed by atoms with van der Waals surface area (Å²) >= 11 is 0. The van der Waals surface area contributed by atoms with Crippen molar-refractivity contribution in [3.63, 3.8) is 0 Å². The molecule has 1 aliphatic carbocycles. The summed E-state index contributed by atoms with van der Waals surface area (Å²) in [5.74, 6) is -1.25. The van der Waals surface area contributed by atoms with Gasteiger partial charge in [-0.3, -0.25) is 0 Å². The lowest BCUT2D eigenvalue weighted by atomic mass is 9.72. The summed E-state index contributed by atoms with van der Waals surface area (Å²) in [6.45, 7) is 0. The highest BCUT2D eigenvalue weighted by Gasteiger charge is 2.38. The van der Waals surface area contributed by atoms with Crippen molar-refractivity contribution in [2.45, 2.75) is 31.0 Å². The number of benzene rings is 1. The number of nitrogens with two attached hydrogens (primary N) is 1. The zero-order valence-corrected chi connectivity index (χ0v) is 8.44. The molecule has 0 spiro atoms. The lowest BCUT2D eigenvalue weighted by Crippen LogP contribution is -2.43. The summed E-state index contributed by atoms with van der Waals surface area (Å²) in [5.41, 5.74) is 4.48. The van der Waals surface area contributed by atoms with Crippen LogP contribution in [0.5, 0.6) is 0 Å². The maximum atomic E-state index is 13.3. The Bertz CT molecular complexity index is 407. The van der Waals surface area contributed by atoms with Crippen molar-refractivity contribution >= 4 is 0 Å². The monoisotopic (exact) mass is 233 g/mol. The molecular weight excluding hydrogens is 222 g/mol.